The van der Waals surface area contributed by atoms with Crippen molar-refractivity contribution in [3.05, 3.63) is 0 Å². The average Bonchev–Trinajstić information content (AvgIpc) is 2.75. The van der Waals surface area contributed by atoms with Crippen LogP contribution in [0.3, 0.4) is 0 Å². The van der Waals surface area contributed by atoms with E-state index in [1.807, 2.05) is 6.26 Å². The summed E-state index contributed by atoms with van der Waals surface area (Å²) < 4.78 is 0. The van der Waals surface area contributed by atoms with Gasteiger partial charge in [-0.2, -0.15) is 11.8 Å². The van der Waals surface area contributed by atoms with Crippen LogP contribution in [0.4, 0.5) is 0 Å². The molecule has 4 amide bonds. The third-order valence-corrected chi connectivity index (χ3v) is 5.24. The number of nitrogens with two attached hydrogens (primary N) is 4. The topological polar surface area (TPSA) is 258 Å². The highest BCUT2D eigenvalue weighted by molar-refractivity contribution is 7.98. The summed E-state index contributed by atoms with van der Waals surface area (Å²) in [5, 5.41) is 16.6. The normalized spacial score (nSPS) is 14.1. The Morgan fingerprint density at radius 2 is 1.53 bits per heavy atom. The third kappa shape index (κ3) is 13.5. The molecular formula is C19H36N8O6S. The van der Waals surface area contributed by atoms with E-state index >= 15 is 0 Å². The third-order valence-electron chi connectivity index (χ3n) is 4.59. The summed E-state index contributed by atoms with van der Waals surface area (Å²) in [5.74, 6) is -3.52. The van der Waals surface area contributed by atoms with E-state index in [2.05, 4.69) is 20.9 Å². The van der Waals surface area contributed by atoms with Crippen LogP contribution in [0.5, 0.6) is 0 Å². The van der Waals surface area contributed by atoms with Gasteiger partial charge >= 0.3 is 5.97 Å². The van der Waals surface area contributed by atoms with Crippen molar-refractivity contribution >= 4 is 47.3 Å². The number of hydrogen-bond donors (Lipinski definition) is 8. The molecule has 194 valence electrons. The van der Waals surface area contributed by atoms with Gasteiger partial charge in [-0.1, -0.05) is 0 Å². The van der Waals surface area contributed by atoms with E-state index in [0.29, 0.717) is 12.2 Å². The molecule has 0 heterocycles. The highest BCUT2D eigenvalue weighted by Gasteiger charge is 2.28. The van der Waals surface area contributed by atoms with Crippen LogP contribution in [0.1, 0.15) is 39.0 Å². The summed E-state index contributed by atoms with van der Waals surface area (Å²) in [5.41, 5.74) is 21.4. The monoisotopic (exact) mass is 504 g/mol. The fourth-order valence-electron chi connectivity index (χ4n) is 2.65. The van der Waals surface area contributed by atoms with Crippen LogP contribution in [-0.4, -0.2) is 83.4 Å². The zero-order valence-electron chi connectivity index (χ0n) is 19.4. The second-order valence-electron chi connectivity index (χ2n) is 7.53. The summed E-state index contributed by atoms with van der Waals surface area (Å²) in [7, 11) is 0. The average molecular weight is 505 g/mol. The summed E-state index contributed by atoms with van der Waals surface area (Å²) in [4.78, 5) is 63.7. The van der Waals surface area contributed by atoms with E-state index in [4.69, 9.17) is 22.9 Å². The lowest BCUT2D eigenvalue weighted by atomic mass is 10.1. The van der Waals surface area contributed by atoms with Gasteiger partial charge in [-0.05, 0) is 44.6 Å². The number of hydrogen-bond acceptors (Lipinski definition) is 8. The maximum atomic E-state index is 12.7. The number of nitrogens with one attached hydrogen (secondary N) is 3. The van der Waals surface area contributed by atoms with Gasteiger partial charge in [-0.15, -0.1) is 0 Å². The molecule has 0 aromatic rings. The Bertz CT molecular complexity index is 746. The highest BCUT2D eigenvalue weighted by atomic mass is 32.2. The number of rotatable bonds is 17. The fourth-order valence-corrected chi connectivity index (χ4v) is 3.14. The smallest absolute Gasteiger partial charge is 0.326 e. The summed E-state index contributed by atoms with van der Waals surface area (Å²) in [6.45, 7) is 1.60. The van der Waals surface area contributed by atoms with E-state index in [-0.39, 0.29) is 38.2 Å². The van der Waals surface area contributed by atoms with Crippen LogP contribution in [0.15, 0.2) is 4.99 Å². The molecule has 0 saturated heterocycles. The Labute approximate surface area is 202 Å². The van der Waals surface area contributed by atoms with Gasteiger partial charge < -0.3 is 44.0 Å². The van der Waals surface area contributed by atoms with Gasteiger partial charge in [0.2, 0.25) is 23.6 Å². The van der Waals surface area contributed by atoms with Gasteiger partial charge in [-0.3, -0.25) is 24.2 Å². The van der Waals surface area contributed by atoms with Crippen LogP contribution < -0.4 is 38.9 Å². The van der Waals surface area contributed by atoms with Crippen LogP contribution >= 0.6 is 11.8 Å². The van der Waals surface area contributed by atoms with Gasteiger partial charge in [0.15, 0.2) is 5.96 Å². The molecule has 0 bridgehead atoms. The second-order valence-corrected chi connectivity index (χ2v) is 8.52. The van der Waals surface area contributed by atoms with E-state index in [9.17, 15) is 29.1 Å². The molecule has 0 aliphatic heterocycles. The SMILES string of the molecule is CSCCC(N)C(=O)NC(C)C(=O)NC(CCCN=C(N)N)C(=O)NC(CCC(N)=O)C(=O)O. The van der Waals surface area contributed by atoms with E-state index in [0.717, 1.165) is 0 Å². The van der Waals surface area contributed by atoms with E-state index < -0.39 is 53.8 Å². The minimum Gasteiger partial charge on any atom is -0.480 e. The molecule has 0 saturated carbocycles. The first-order valence-electron chi connectivity index (χ1n) is 10.6. The van der Waals surface area contributed by atoms with Crippen LogP contribution in [0.2, 0.25) is 0 Å². The molecule has 4 atom stereocenters. The first kappa shape index (κ1) is 30.9. The number of amides is 4. The molecule has 0 aliphatic carbocycles. The number of thioether (sulfide) groups is 1. The van der Waals surface area contributed by atoms with Gasteiger partial charge in [0.25, 0.3) is 0 Å². The number of carboxylic acid groups (broad SMARTS) is 1. The molecule has 12 N–H and O–H groups in total. The molecule has 34 heavy (non-hydrogen) atoms. The van der Waals surface area contributed by atoms with Crippen molar-refractivity contribution in [3.63, 3.8) is 0 Å². The molecule has 0 rings (SSSR count). The maximum Gasteiger partial charge on any atom is 0.326 e. The van der Waals surface area contributed by atoms with Crippen LogP contribution in [0, 0.1) is 0 Å². The quantitative estimate of drug-likeness (QED) is 0.0563. The molecule has 0 fully saturated rings. The number of nitrogens with zero attached hydrogens (tertiary/aromatic N) is 1. The molecule has 14 nitrogen and oxygen atoms in total. The van der Waals surface area contributed by atoms with Crippen molar-refractivity contribution in [2.24, 2.45) is 27.9 Å². The maximum absolute atomic E-state index is 12.7. The van der Waals surface area contributed by atoms with Crippen LogP contribution in [-0.2, 0) is 24.0 Å². The molecule has 0 aliphatic rings. The predicted molar refractivity (Wildman–Crippen MR) is 128 cm³/mol. The molecule has 0 aromatic heterocycles. The predicted octanol–water partition coefficient (Wildman–Crippen LogP) is -3.06. The Balaban J connectivity index is 5.24. The molecule has 4 unspecified atom stereocenters. The Hall–Kier alpha value is -3.07. The number of guanidine groups is 1. The molecular weight excluding hydrogens is 468 g/mol. The van der Waals surface area contributed by atoms with Crippen molar-refractivity contribution < 1.29 is 29.1 Å². The molecule has 0 spiro atoms. The minimum absolute atomic E-state index is 0.0738. The largest absolute Gasteiger partial charge is 0.480 e. The number of carbonyl (C=O) groups is 5. The van der Waals surface area contributed by atoms with Gasteiger partial charge in [0.05, 0.1) is 6.04 Å². The number of carboxylic acids is 1. The van der Waals surface area contributed by atoms with Crippen LogP contribution in [0.25, 0.3) is 0 Å². The number of aliphatic imine (C=N–C) groups is 1. The summed E-state index contributed by atoms with van der Waals surface area (Å²) in [6.07, 6.45) is 2.20. The van der Waals surface area contributed by atoms with Crippen molar-refractivity contribution in [3.8, 4) is 0 Å². The van der Waals surface area contributed by atoms with Crippen molar-refractivity contribution in [1.29, 1.82) is 0 Å². The Kier molecular flexibility index (Phi) is 15.0. The van der Waals surface area contributed by atoms with Crippen molar-refractivity contribution in [2.75, 3.05) is 18.6 Å². The minimum atomic E-state index is -1.39. The van der Waals surface area contributed by atoms with Crippen molar-refractivity contribution in [1.82, 2.24) is 16.0 Å². The second kappa shape index (κ2) is 16.5. The lowest BCUT2D eigenvalue weighted by molar-refractivity contribution is -0.142. The van der Waals surface area contributed by atoms with Gasteiger partial charge in [0.1, 0.15) is 18.1 Å². The zero-order chi connectivity index (χ0) is 26.3. The first-order chi connectivity index (χ1) is 15.9. The lowest BCUT2D eigenvalue weighted by Gasteiger charge is -2.23. The molecule has 0 aromatic carbocycles. The summed E-state index contributed by atoms with van der Waals surface area (Å²) in [6, 6.07) is -4.33. The van der Waals surface area contributed by atoms with Crippen molar-refractivity contribution in [2.45, 2.75) is 63.2 Å². The zero-order valence-corrected chi connectivity index (χ0v) is 20.2. The summed E-state index contributed by atoms with van der Waals surface area (Å²) >= 11 is 1.53. The van der Waals surface area contributed by atoms with E-state index in [1.54, 1.807) is 0 Å². The number of primary amides is 1. The lowest BCUT2D eigenvalue weighted by Crippen LogP contribution is -2.56. The fraction of sp³-hybridized carbons (Fsp3) is 0.684. The van der Waals surface area contributed by atoms with E-state index in [1.165, 1.54) is 18.7 Å². The molecule has 15 heteroatoms. The number of carbonyl (C=O) groups excluding carboxylic acids is 4. The standard InChI is InChI=1S/C19H36N8O6S/c1-10(25-16(30)11(20)7-9-34-2)15(29)26-12(4-3-8-24-19(22)23)17(31)27-13(18(32)33)5-6-14(21)28/h10-13H,3-9,20H2,1-2H3,(H2,21,28)(H,25,30)(H,26,29)(H,27,31)(H,32,33)(H4,22,23,24). The Morgan fingerprint density at radius 3 is 2.06 bits per heavy atom. The molecule has 0 radical (unpaired) electrons. The first-order valence-corrected chi connectivity index (χ1v) is 12.0. The van der Waals surface area contributed by atoms with Gasteiger partial charge in [0, 0.05) is 13.0 Å². The van der Waals surface area contributed by atoms with Gasteiger partial charge in [-0.25, -0.2) is 4.79 Å². The Morgan fingerprint density at radius 1 is 0.912 bits per heavy atom. The highest BCUT2D eigenvalue weighted by Crippen LogP contribution is 2.04. The number of aliphatic carboxylic acids is 1.